The second-order valence-electron chi connectivity index (χ2n) is 3.67. The number of hydrogen-bond acceptors (Lipinski definition) is 2. The highest BCUT2D eigenvalue weighted by molar-refractivity contribution is 5.85. The summed E-state index contributed by atoms with van der Waals surface area (Å²) in [6.45, 7) is 2.97. The Balaban J connectivity index is 2.61. The van der Waals surface area contributed by atoms with Gasteiger partial charge in [-0.3, -0.25) is 0 Å². The molecule has 0 saturated heterocycles. The fraction of sp³-hybridized carbons (Fsp3) is 0.333. The maximum absolute atomic E-state index is 5.23. The van der Waals surface area contributed by atoms with E-state index in [1.54, 1.807) is 7.11 Å². The van der Waals surface area contributed by atoms with Crippen LogP contribution in [0.5, 0.6) is 5.75 Å². The third kappa shape index (κ3) is 1.70. The molecule has 0 amide bonds. The molecule has 1 heterocycles. The number of rotatable bonds is 3. The third-order valence-corrected chi connectivity index (χ3v) is 2.68. The lowest BCUT2D eigenvalue weighted by atomic mass is 10.1. The van der Waals surface area contributed by atoms with Gasteiger partial charge in [-0.2, -0.15) is 0 Å². The first-order chi connectivity index (χ1) is 7.26. The maximum Gasteiger partial charge on any atom is 0.119 e. The molecule has 1 aromatic carbocycles. The summed E-state index contributed by atoms with van der Waals surface area (Å²) in [5.74, 6) is 0.902. The Morgan fingerprint density at radius 3 is 2.87 bits per heavy atom. The van der Waals surface area contributed by atoms with E-state index in [4.69, 9.17) is 4.74 Å². The quantitative estimate of drug-likeness (QED) is 0.804. The van der Waals surface area contributed by atoms with Gasteiger partial charge in [-0.15, -0.1) is 0 Å². The fourth-order valence-corrected chi connectivity index (χ4v) is 1.89. The number of nitrogens with one attached hydrogen (secondary N) is 2. The minimum Gasteiger partial charge on any atom is -0.497 e. The van der Waals surface area contributed by atoms with Gasteiger partial charge in [0.25, 0.3) is 0 Å². The Kier molecular flexibility index (Phi) is 2.64. The van der Waals surface area contributed by atoms with Crippen molar-refractivity contribution in [3.05, 3.63) is 29.5 Å². The van der Waals surface area contributed by atoms with Crippen molar-refractivity contribution in [3.8, 4) is 5.75 Å². The molecule has 0 aliphatic carbocycles. The first-order valence-corrected chi connectivity index (χ1v) is 5.06. The van der Waals surface area contributed by atoms with Gasteiger partial charge in [0.2, 0.25) is 0 Å². The number of benzene rings is 1. The predicted molar refractivity (Wildman–Crippen MR) is 62.4 cm³/mol. The molecule has 2 rings (SSSR count). The molecule has 0 aliphatic rings. The zero-order chi connectivity index (χ0) is 10.8. The van der Waals surface area contributed by atoms with Crippen LogP contribution in [-0.2, 0) is 6.54 Å². The van der Waals surface area contributed by atoms with E-state index in [1.807, 2.05) is 13.1 Å². The van der Waals surface area contributed by atoms with Crippen LogP contribution in [0.25, 0.3) is 10.9 Å². The molecule has 3 nitrogen and oxygen atoms in total. The predicted octanol–water partition coefficient (Wildman–Crippen LogP) is 2.20. The second-order valence-corrected chi connectivity index (χ2v) is 3.67. The van der Waals surface area contributed by atoms with E-state index < -0.39 is 0 Å². The molecule has 0 spiro atoms. The lowest BCUT2D eigenvalue weighted by Crippen LogP contribution is -2.05. The minimum absolute atomic E-state index is 0.874. The van der Waals surface area contributed by atoms with Crippen LogP contribution >= 0.6 is 0 Å². The molecule has 0 aliphatic heterocycles. The van der Waals surface area contributed by atoms with Crippen LogP contribution in [0.1, 0.15) is 11.3 Å². The summed E-state index contributed by atoms with van der Waals surface area (Å²) in [6.07, 6.45) is 0. The number of fused-ring (bicyclic) bond motifs is 1. The zero-order valence-electron chi connectivity index (χ0n) is 9.35. The maximum atomic E-state index is 5.23. The van der Waals surface area contributed by atoms with Crippen LogP contribution in [0.4, 0.5) is 0 Å². The zero-order valence-corrected chi connectivity index (χ0v) is 9.35. The number of hydrogen-bond donors (Lipinski definition) is 2. The van der Waals surface area contributed by atoms with Gasteiger partial charge in [0.1, 0.15) is 5.75 Å². The van der Waals surface area contributed by atoms with Crippen LogP contribution < -0.4 is 10.1 Å². The smallest absolute Gasteiger partial charge is 0.119 e. The molecule has 0 radical (unpaired) electrons. The summed E-state index contributed by atoms with van der Waals surface area (Å²) in [4.78, 5) is 3.37. The van der Waals surface area contributed by atoms with Gasteiger partial charge < -0.3 is 15.0 Å². The van der Waals surface area contributed by atoms with Gasteiger partial charge in [-0.05, 0) is 37.7 Å². The van der Waals surface area contributed by atoms with Crippen molar-refractivity contribution in [1.82, 2.24) is 10.3 Å². The van der Waals surface area contributed by atoms with Crippen molar-refractivity contribution in [2.24, 2.45) is 0 Å². The molecule has 0 bridgehead atoms. The number of methoxy groups -OCH3 is 1. The highest BCUT2D eigenvalue weighted by Gasteiger charge is 2.07. The summed E-state index contributed by atoms with van der Waals surface area (Å²) in [7, 11) is 3.65. The van der Waals surface area contributed by atoms with E-state index in [0.29, 0.717) is 0 Å². The molecule has 15 heavy (non-hydrogen) atoms. The number of aromatic nitrogens is 1. The van der Waals surface area contributed by atoms with E-state index in [-0.39, 0.29) is 0 Å². The highest BCUT2D eigenvalue weighted by Crippen LogP contribution is 2.26. The van der Waals surface area contributed by atoms with E-state index in [0.717, 1.165) is 12.3 Å². The van der Waals surface area contributed by atoms with Crippen molar-refractivity contribution in [2.75, 3.05) is 14.2 Å². The summed E-state index contributed by atoms with van der Waals surface area (Å²) in [5, 5.41) is 4.42. The van der Waals surface area contributed by atoms with E-state index in [2.05, 4.69) is 29.4 Å². The number of aryl methyl sites for hydroxylation is 1. The van der Waals surface area contributed by atoms with Crippen molar-refractivity contribution in [2.45, 2.75) is 13.5 Å². The molecule has 0 atom stereocenters. The summed E-state index contributed by atoms with van der Waals surface area (Å²) < 4.78 is 5.23. The molecule has 2 N–H and O–H groups in total. The summed E-state index contributed by atoms with van der Waals surface area (Å²) in [5.41, 5.74) is 3.69. The Morgan fingerprint density at radius 2 is 2.20 bits per heavy atom. The lowest BCUT2D eigenvalue weighted by Gasteiger charge is -2.02. The van der Waals surface area contributed by atoms with Crippen molar-refractivity contribution in [3.63, 3.8) is 0 Å². The van der Waals surface area contributed by atoms with Gasteiger partial charge >= 0.3 is 0 Å². The summed E-state index contributed by atoms with van der Waals surface area (Å²) >= 11 is 0. The SMILES string of the molecule is CNCc1c(C)[nH]c2ccc(OC)cc12. The number of H-pyrrole nitrogens is 1. The van der Waals surface area contributed by atoms with E-state index >= 15 is 0 Å². The van der Waals surface area contributed by atoms with Crippen LogP contribution in [0.2, 0.25) is 0 Å². The third-order valence-electron chi connectivity index (χ3n) is 2.68. The largest absolute Gasteiger partial charge is 0.497 e. The van der Waals surface area contributed by atoms with Crippen molar-refractivity contribution >= 4 is 10.9 Å². The Morgan fingerprint density at radius 1 is 1.40 bits per heavy atom. The van der Waals surface area contributed by atoms with Gasteiger partial charge in [0.15, 0.2) is 0 Å². The van der Waals surface area contributed by atoms with E-state index in [1.165, 1.54) is 22.2 Å². The van der Waals surface area contributed by atoms with Crippen molar-refractivity contribution < 1.29 is 4.74 Å². The molecular formula is C12H16N2O. The molecule has 0 saturated carbocycles. The minimum atomic E-state index is 0.874. The number of ether oxygens (including phenoxy) is 1. The fourth-order valence-electron chi connectivity index (χ4n) is 1.89. The molecule has 0 unspecified atom stereocenters. The first kappa shape index (κ1) is 10.1. The van der Waals surface area contributed by atoms with Crippen LogP contribution in [0, 0.1) is 6.92 Å². The second kappa shape index (κ2) is 3.95. The van der Waals surface area contributed by atoms with Crippen molar-refractivity contribution in [1.29, 1.82) is 0 Å². The summed E-state index contributed by atoms with van der Waals surface area (Å²) in [6, 6.07) is 6.10. The standard InChI is InChI=1S/C12H16N2O/c1-8-11(7-13-2)10-6-9(15-3)4-5-12(10)14-8/h4-6,13-14H,7H2,1-3H3. The topological polar surface area (TPSA) is 37.0 Å². The van der Waals surface area contributed by atoms with Crippen LogP contribution in [-0.4, -0.2) is 19.1 Å². The average molecular weight is 204 g/mol. The Bertz CT molecular complexity index is 474. The van der Waals surface area contributed by atoms with Gasteiger partial charge in [-0.1, -0.05) is 0 Å². The molecule has 2 aromatic rings. The van der Waals surface area contributed by atoms with Gasteiger partial charge in [0.05, 0.1) is 7.11 Å². The normalized spacial score (nSPS) is 10.9. The molecule has 80 valence electrons. The lowest BCUT2D eigenvalue weighted by molar-refractivity contribution is 0.415. The molecule has 1 aromatic heterocycles. The molecular weight excluding hydrogens is 188 g/mol. The first-order valence-electron chi connectivity index (χ1n) is 5.06. The Labute approximate surface area is 89.4 Å². The monoisotopic (exact) mass is 204 g/mol. The average Bonchev–Trinajstić information content (AvgIpc) is 2.55. The van der Waals surface area contributed by atoms with Gasteiger partial charge in [-0.25, -0.2) is 0 Å². The highest BCUT2D eigenvalue weighted by atomic mass is 16.5. The molecule has 0 fully saturated rings. The Hall–Kier alpha value is -1.48. The van der Waals surface area contributed by atoms with Crippen LogP contribution in [0.15, 0.2) is 18.2 Å². The van der Waals surface area contributed by atoms with E-state index in [9.17, 15) is 0 Å². The number of aromatic amines is 1. The van der Waals surface area contributed by atoms with Crippen LogP contribution in [0.3, 0.4) is 0 Å². The van der Waals surface area contributed by atoms with Gasteiger partial charge in [0, 0.05) is 23.1 Å². The molecule has 3 heteroatoms.